The average molecular weight is 292 g/mol. The van der Waals surface area contributed by atoms with Crippen LogP contribution in [0.2, 0.25) is 0 Å². The van der Waals surface area contributed by atoms with Gasteiger partial charge < -0.3 is 19.7 Å². The first-order valence-corrected chi connectivity index (χ1v) is 7.56. The van der Waals surface area contributed by atoms with E-state index in [0.717, 1.165) is 12.8 Å². The van der Waals surface area contributed by atoms with Gasteiger partial charge in [0.25, 0.3) is 5.91 Å². The Kier molecular flexibility index (Phi) is 5.25. The van der Waals surface area contributed by atoms with E-state index in [0.29, 0.717) is 38.3 Å². The SMILES string of the molecule is CCCNC(=O)N1CCCN(C(=O)c2ccn(C)c2)CC1. The number of hydrogen-bond acceptors (Lipinski definition) is 2. The zero-order chi connectivity index (χ0) is 15.2. The van der Waals surface area contributed by atoms with Crippen LogP contribution in [0.5, 0.6) is 0 Å². The van der Waals surface area contributed by atoms with Crippen molar-refractivity contribution in [3.05, 3.63) is 24.0 Å². The molecule has 0 bridgehead atoms. The van der Waals surface area contributed by atoms with Gasteiger partial charge in [0.1, 0.15) is 0 Å². The summed E-state index contributed by atoms with van der Waals surface area (Å²) >= 11 is 0. The van der Waals surface area contributed by atoms with Crippen LogP contribution in [0.25, 0.3) is 0 Å². The molecule has 0 spiro atoms. The number of hydrogen-bond donors (Lipinski definition) is 1. The summed E-state index contributed by atoms with van der Waals surface area (Å²) < 4.78 is 1.87. The van der Waals surface area contributed by atoms with Crippen molar-refractivity contribution in [2.24, 2.45) is 7.05 Å². The van der Waals surface area contributed by atoms with Crippen molar-refractivity contribution in [2.45, 2.75) is 19.8 Å². The van der Waals surface area contributed by atoms with E-state index in [1.807, 2.05) is 41.9 Å². The third kappa shape index (κ3) is 4.00. The molecule has 21 heavy (non-hydrogen) atoms. The highest BCUT2D eigenvalue weighted by molar-refractivity contribution is 5.94. The van der Waals surface area contributed by atoms with Crippen molar-refractivity contribution in [3.8, 4) is 0 Å². The number of amides is 3. The number of nitrogens with zero attached hydrogens (tertiary/aromatic N) is 3. The average Bonchev–Trinajstić information content (AvgIpc) is 2.76. The van der Waals surface area contributed by atoms with E-state index in [1.54, 1.807) is 4.90 Å². The van der Waals surface area contributed by atoms with E-state index < -0.39 is 0 Å². The Hall–Kier alpha value is -1.98. The number of nitrogens with one attached hydrogen (secondary N) is 1. The molecule has 0 radical (unpaired) electrons. The normalized spacial score (nSPS) is 15.7. The van der Waals surface area contributed by atoms with Crippen LogP contribution in [-0.2, 0) is 7.05 Å². The standard InChI is InChI=1S/C15H24N4O2/c1-3-6-16-15(21)19-8-4-7-18(10-11-19)14(20)13-5-9-17(2)12-13/h5,9,12H,3-4,6-8,10-11H2,1-2H3,(H,16,21). The third-order valence-corrected chi connectivity index (χ3v) is 3.68. The van der Waals surface area contributed by atoms with Crippen molar-refractivity contribution in [1.82, 2.24) is 19.7 Å². The second-order valence-electron chi connectivity index (χ2n) is 5.43. The highest BCUT2D eigenvalue weighted by atomic mass is 16.2. The summed E-state index contributed by atoms with van der Waals surface area (Å²) in [6.07, 6.45) is 5.45. The van der Waals surface area contributed by atoms with Gasteiger partial charge in [-0.25, -0.2) is 4.79 Å². The van der Waals surface area contributed by atoms with Gasteiger partial charge in [0.2, 0.25) is 0 Å². The monoisotopic (exact) mass is 292 g/mol. The number of rotatable bonds is 3. The molecule has 1 aromatic heterocycles. The summed E-state index contributed by atoms with van der Waals surface area (Å²) in [7, 11) is 1.90. The highest BCUT2D eigenvalue weighted by Crippen LogP contribution is 2.09. The Morgan fingerprint density at radius 1 is 1.19 bits per heavy atom. The molecule has 6 heteroatoms. The molecule has 1 saturated heterocycles. The van der Waals surface area contributed by atoms with E-state index in [9.17, 15) is 9.59 Å². The third-order valence-electron chi connectivity index (χ3n) is 3.68. The van der Waals surface area contributed by atoms with Gasteiger partial charge in [0.05, 0.1) is 5.56 Å². The van der Waals surface area contributed by atoms with Crippen LogP contribution >= 0.6 is 0 Å². The van der Waals surface area contributed by atoms with E-state index in [-0.39, 0.29) is 11.9 Å². The van der Waals surface area contributed by atoms with Crippen molar-refractivity contribution in [3.63, 3.8) is 0 Å². The van der Waals surface area contributed by atoms with Crippen LogP contribution in [0.4, 0.5) is 4.79 Å². The van der Waals surface area contributed by atoms with Crippen LogP contribution in [-0.4, -0.2) is 59.0 Å². The lowest BCUT2D eigenvalue weighted by molar-refractivity contribution is 0.0762. The van der Waals surface area contributed by atoms with Gasteiger partial charge in [-0.3, -0.25) is 4.79 Å². The Morgan fingerprint density at radius 2 is 1.90 bits per heavy atom. The molecule has 0 aromatic carbocycles. The first-order valence-electron chi connectivity index (χ1n) is 7.56. The molecule has 1 N–H and O–H groups in total. The lowest BCUT2D eigenvalue weighted by atomic mass is 10.3. The van der Waals surface area contributed by atoms with Gasteiger partial charge in [-0.2, -0.15) is 0 Å². The maximum Gasteiger partial charge on any atom is 0.317 e. The predicted molar refractivity (Wildman–Crippen MR) is 81.2 cm³/mol. The summed E-state index contributed by atoms with van der Waals surface area (Å²) in [6.45, 7) is 5.31. The van der Waals surface area contributed by atoms with Crippen molar-refractivity contribution in [1.29, 1.82) is 0 Å². The fraction of sp³-hybridized carbons (Fsp3) is 0.600. The van der Waals surface area contributed by atoms with Crippen LogP contribution in [0.1, 0.15) is 30.1 Å². The van der Waals surface area contributed by atoms with E-state index in [1.165, 1.54) is 0 Å². The highest BCUT2D eigenvalue weighted by Gasteiger charge is 2.22. The Morgan fingerprint density at radius 3 is 2.57 bits per heavy atom. The van der Waals surface area contributed by atoms with Gasteiger partial charge in [-0.1, -0.05) is 6.92 Å². The van der Waals surface area contributed by atoms with E-state index >= 15 is 0 Å². The largest absolute Gasteiger partial charge is 0.356 e. The topological polar surface area (TPSA) is 57.6 Å². The maximum atomic E-state index is 12.4. The van der Waals surface area contributed by atoms with Crippen molar-refractivity contribution >= 4 is 11.9 Å². The van der Waals surface area contributed by atoms with Crippen molar-refractivity contribution < 1.29 is 9.59 Å². The zero-order valence-corrected chi connectivity index (χ0v) is 12.8. The van der Waals surface area contributed by atoms with Crippen LogP contribution in [0, 0.1) is 0 Å². The van der Waals surface area contributed by atoms with Gasteiger partial charge in [0, 0.05) is 52.2 Å². The molecule has 0 atom stereocenters. The second kappa shape index (κ2) is 7.15. The first kappa shape index (κ1) is 15.4. The van der Waals surface area contributed by atoms with Gasteiger partial charge >= 0.3 is 6.03 Å². The molecule has 1 fully saturated rings. The van der Waals surface area contributed by atoms with Gasteiger partial charge in [-0.15, -0.1) is 0 Å². The Balaban J connectivity index is 1.91. The number of aromatic nitrogens is 1. The van der Waals surface area contributed by atoms with Crippen molar-refractivity contribution in [2.75, 3.05) is 32.7 Å². The predicted octanol–water partition coefficient (Wildman–Crippen LogP) is 1.29. The van der Waals surface area contributed by atoms with E-state index in [2.05, 4.69) is 5.32 Å². The molecule has 0 unspecified atom stereocenters. The molecule has 0 saturated carbocycles. The number of carbonyl (C=O) groups excluding carboxylic acids is 2. The number of carbonyl (C=O) groups is 2. The van der Waals surface area contributed by atoms with Crippen LogP contribution < -0.4 is 5.32 Å². The Bertz CT molecular complexity index is 498. The number of urea groups is 1. The number of aryl methyl sites for hydroxylation is 1. The fourth-order valence-corrected chi connectivity index (χ4v) is 2.48. The fourth-order valence-electron chi connectivity index (χ4n) is 2.48. The molecule has 2 rings (SSSR count). The second-order valence-corrected chi connectivity index (χ2v) is 5.43. The van der Waals surface area contributed by atoms with Gasteiger partial charge in [0.15, 0.2) is 0 Å². The molecule has 1 aliphatic heterocycles. The minimum atomic E-state index is -0.0224. The summed E-state index contributed by atoms with van der Waals surface area (Å²) in [5.74, 6) is 0.0476. The molecule has 0 aliphatic carbocycles. The molecule has 6 nitrogen and oxygen atoms in total. The molecule has 116 valence electrons. The molecule has 1 aromatic rings. The van der Waals surface area contributed by atoms with E-state index in [4.69, 9.17) is 0 Å². The lowest BCUT2D eigenvalue weighted by Crippen LogP contribution is -2.42. The summed E-state index contributed by atoms with van der Waals surface area (Å²) in [5.41, 5.74) is 0.710. The zero-order valence-electron chi connectivity index (χ0n) is 12.8. The maximum absolute atomic E-state index is 12.4. The molecule has 1 aliphatic rings. The van der Waals surface area contributed by atoms with Crippen LogP contribution in [0.15, 0.2) is 18.5 Å². The Labute approximate surface area is 125 Å². The minimum absolute atomic E-state index is 0.0224. The van der Waals surface area contributed by atoms with Crippen LogP contribution in [0.3, 0.4) is 0 Å². The lowest BCUT2D eigenvalue weighted by Gasteiger charge is -2.22. The molecular formula is C15H24N4O2. The summed E-state index contributed by atoms with van der Waals surface area (Å²) in [5, 5.41) is 2.89. The molecular weight excluding hydrogens is 268 g/mol. The molecule has 2 heterocycles. The summed E-state index contributed by atoms with van der Waals surface area (Å²) in [4.78, 5) is 28.0. The molecule has 3 amide bonds. The first-order chi connectivity index (χ1) is 10.1. The quantitative estimate of drug-likeness (QED) is 0.912. The summed E-state index contributed by atoms with van der Waals surface area (Å²) in [6, 6.07) is 1.81. The minimum Gasteiger partial charge on any atom is -0.356 e. The smallest absolute Gasteiger partial charge is 0.317 e. The van der Waals surface area contributed by atoms with Gasteiger partial charge in [-0.05, 0) is 18.9 Å².